The molecule has 1 N–H and O–H groups in total. The quantitative estimate of drug-likeness (QED) is 0.830. The molecule has 0 spiro atoms. The second kappa shape index (κ2) is 6.33. The van der Waals surface area contributed by atoms with E-state index in [1.165, 1.54) is 4.90 Å². The molecule has 4 rings (SSSR count). The molecule has 1 saturated heterocycles. The van der Waals surface area contributed by atoms with Crippen LogP contribution in [0.4, 0.5) is 4.79 Å². The highest BCUT2D eigenvalue weighted by atomic mass is 35.5. The Morgan fingerprint density at radius 3 is 2.56 bits per heavy atom. The van der Waals surface area contributed by atoms with Crippen molar-refractivity contribution in [2.75, 3.05) is 26.2 Å². The first-order valence-electron chi connectivity index (χ1n) is 8.13. The third-order valence-electron chi connectivity index (χ3n) is 4.54. The van der Waals surface area contributed by atoms with Gasteiger partial charge in [-0.05, 0) is 36.4 Å². The summed E-state index contributed by atoms with van der Waals surface area (Å²) in [6, 6.07) is 13.5. The van der Waals surface area contributed by atoms with Gasteiger partial charge in [-0.25, -0.2) is 4.79 Å². The number of rotatable bonds is 1. The number of para-hydroxylation sites is 1. The number of hydrogen-bond donors (Lipinski definition) is 1. The molecule has 0 aliphatic carbocycles. The summed E-state index contributed by atoms with van der Waals surface area (Å²) in [5.74, 6) is 1.55. The lowest BCUT2D eigenvalue weighted by Gasteiger charge is -2.36. The molecule has 2 aliphatic rings. The molecule has 5 nitrogen and oxygen atoms in total. The third kappa shape index (κ3) is 3.03. The van der Waals surface area contributed by atoms with E-state index in [1.54, 1.807) is 0 Å². The Kier molecular flexibility index (Phi) is 4.01. The molecule has 6 heteroatoms. The molecule has 2 heterocycles. The summed E-state index contributed by atoms with van der Waals surface area (Å²) in [5, 5.41) is 9.81. The minimum atomic E-state index is -0.865. The van der Waals surface area contributed by atoms with E-state index in [2.05, 4.69) is 11.0 Å². The maximum atomic E-state index is 11.1. The lowest BCUT2D eigenvalue weighted by atomic mass is 10.1. The highest BCUT2D eigenvalue weighted by Gasteiger charge is 2.25. The lowest BCUT2D eigenvalue weighted by Crippen LogP contribution is -2.47. The van der Waals surface area contributed by atoms with Crippen molar-refractivity contribution in [2.24, 2.45) is 0 Å². The first-order valence-corrected chi connectivity index (χ1v) is 8.51. The van der Waals surface area contributed by atoms with Gasteiger partial charge in [0.05, 0.1) is 0 Å². The van der Waals surface area contributed by atoms with E-state index < -0.39 is 6.09 Å². The summed E-state index contributed by atoms with van der Waals surface area (Å²) in [6.07, 6.45) is 1.21. The molecule has 2 aliphatic heterocycles. The smallest absolute Gasteiger partial charge is 0.407 e. The number of benzene rings is 2. The van der Waals surface area contributed by atoms with Gasteiger partial charge in [0.1, 0.15) is 11.5 Å². The van der Waals surface area contributed by atoms with Gasteiger partial charge >= 0.3 is 6.09 Å². The Balaban J connectivity index is 1.75. The van der Waals surface area contributed by atoms with Gasteiger partial charge < -0.3 is 19.6 Å². The van der Waals surface area contributed by atoms with Gasteiger partial charge in [-0.1, -0.05) is 23.7 Å². The molecule has 0 aromatic heterocycles. The number of carboxylic acid groups (broad SMARTS) is 1. The fourth-order valence-corrected chi connectivity index (χ4v) is 3.42. The molecule has 1 amide bonds. The van der Waals surface area contributed by atoms with Crippen LogP contribution in [0.15, 0.2) is 42.5 Å². The van der Waals surface area contributed by atoms with E-state index in [0.717, 1.165) is 28.3 Å². The molecule has 2 aromatic carbocycles. The van der Waals surface area contributed by atoms with Crippen LogP contribution in [-0.4, -0.2) is 47.2 Å². The zero-order chi connectivity index (χ0) is 17.4. The molecule has 0 atom stereocenters. The van der Waals surface area contributed by atoms with E-state index in [0.29, 0.717) is 31.2 Å². The number of nitrogens with zero attached hydrogens (tertiary/aromatic N) is 2. The molecule has 128 valence electrons. The van der Waals surface area contributed by atoms with E-state index in [9.17, 15) is 4.79 Å². The molecule has 1 fully saturated rings. The highest BCUT2D eigenvalue weighted by molar-refractivity contribution is 6.30. The zero-order valence-corrected chi connectivity index (χ0v) is 14.2. The topological polar surface area (TPSA) is 53.0 Å². The predicted octanol–water partition coefficient (Wildman–Crippen LogP) is 4.24. The number of carbonyl (C=O) groups is 1. The van der Waals surface area contributed by atoms with Crippen molar-refractivity contribution in [1.82, 2.24) is 9.80 Å². The summed E-state index contributed by atoms with van der Waals surface area (Å²) < 4.78 is 6.10. The van der Waals surface area contributed by atoms with Crippen molar-refractivity contribution < 1.29 is 14.6 Å². The lowest BCUT2D eigenvalue weighted by molar-refractivity contribution is 0.122. The van der Waals surface area contributed by atoms with Gasteiger partial charge in [0.15, 0.2) is 0 Å². The van der Waals surface area contributed by atoms with E-state index in [-0.39, 0.29) is 0 Å². The molecule has 0 radical (unpaired) electrons. The largest absolute Gasteiger partial charge is 0.465 e. The normalized spacial score (nSPS) is 16.3. The second-order valence-electron chi connectivity index (χ2n) is 6.07. The van der Waals surface area contributed by atoms with E-state index in [4.69, 9.17) is 21.4 Å². The van der Waals surface area contributed by atoms with Gasteiger partial charge in [0.25, 0.3) is 0 Å². The maximum absolute atomic E-state index is 11.1. The highest BCUT2D eigenvalue weighted by Crippen LogP contribution is 2.40. The number of amides is 1. The average Bonchev–Trinajstić information content (AvgIpc) is 2.78. The van der Waals surface area contributed by atoms with Gasteiger partial charge in [-0.3, -0.25) is 0 Å². The Morgan fingerprint density at radius 1 is 1.04 bits per heavy atom. The zero-order valence-electron chi connectivity index (χ0n) is 13.5. The van der Waals surface area contributed by atoms with Crippen LogP contribution in [0.25, 0.3) is 11.8 Å². The van der Waals surface area contributed by atoms with Crippen molar-refractivity contribution >= 4 is 29.5 Å². The fraction of sp³-hybridized carbons (Fsp3) is 0.211. The second-order valence-corrected chi connectivity index (χ2v) is 6.50. The first-order chi connectivity index (χ1) is 12.1. The number of fused-ring (bicyclic) bond motifs is 2. The van der Waals surface area contributed by atoms with Crippen LogP contribution in [0, 0.1) is 0 Å². The molecule has 0 unspecified atom stereocenters. The Hall–Kier alpha value is -2.66. The van der Waals surface area contributed by atoms with Crippen molar-refractivity contribution in [3.05, 3.63) is 58.6 Å². The van der Waals surface area contributed by atoms with Crippen molar-refractivity contribution in [2.45, 2.75) is 0 Å². The molecular formula is C19H17ClN2O3. The number of hydrogen-bond acceptors (Lipinski definition) is 3. The Bertz CT molecular complexity index is 857. The average molecular weight is 357 g/mol. The van der Waals surface area contributed by atoms with Gasteiger partial charge in [-0.2, -0.15) is 0 Å². The van der Waals surface area contributed by atoms with Gasteiger partial charge in [0, 0.05) is 48.0 Å². The minimum absolute atomic E-state index is 0.484. The first kappa shape index (κ1) is 15.8. The molecule has 0 saturated carbocycles. The number of halogens is 1. The monoisotopic (exact) mass is 356 g/mol. The van der Waals surface area contributed by atoms with Crippen LogP contribution >= 0.6 is 11.6 Å². The van der Waals surface area contributed by atoms with E-state index >= 15 is 0 Å². The fourth-order valence-electron chi connectivity index (χ4n) is 3.24. The summed E-state index contributed by atoms with van der Waals surface area (Å²) in [4.78, 5) is 14.8. The van der Waals surface area contributed by atoms with Crippen LogP contribution in [0.3, 0.4) is 0 Å². The van der Waals surface area contributed by atoms with E-state index in [1.807, 2.05) is 42.5 Å². The van der Waals surface area contributed by atoms with Crippen LogP contribution in [0.5, 0.6) is 11.5 Å². The third-order valence-corrected chi connectivity index (χ3v) is 4.77. The van der Waals surface area contributed by atoms with Crippen LogP contribution < -0.4 is 4.74 Å². The standard InChI is InChI=1S/C19H17ClN2O3/c20-14-5-6-17-13(11-14)12-16(15-3-1-2-4-18(15)25-17)21-7-9-22(10-8-21)19(23)24/h1-6,11-12H,7-10H2,(H,23,24). The van der Waals surface area contributed by atoms with Crippen LogP contribution in [-0.2, 0) is 0 Å². The predicted molar refractivity (Wildman–Crippen MR) is 97.0 cm³/mol. The van der Waals surface area contributed by atoms with Crippen molar-refractivity contribution in [1.29, 1.82) is 0 Å². The molecule has 0 bridgehead atoms. The van der Waals surface area contributed by atoms with Crippen molar-refractivity contribution in [3.8, 4) is 11.5 Å². The minimum Gasteiger partial charge on any atom is -0.465 e. The van der Waals surface area contributed by atoms with Gasteiger partial charge in [0.2, 0.25) is 0 Å². The van der Waals surface area contributed by atoms with Crippen LogP contribution in [0.1, 0.15) is 11.1 Å². The maximum Gasteiger partial charge on any atom is 0.407 e. The summed E-state index contributed by atoms with van der Waals surface area (Å²) in [7, 11) is 0. The number of ether oxygens (including phenoxy) is 1. The molecule has 2 aromatic rings. The number of piperazine rings is 1. The van der Waals surface area contributed by atoms with Crippen LogP contribution in [0.2, 0.25) is 5.02 Å². The Labute approximate surface area is 150 Å². The summed E-state index contributed by atoms with van der Waals surface area (Å²) >= 11 is 6.16. The SMILES string of the molecule is O=C(O)N1CCN(C2=Cc3cc(Cl)ccc3Oc3ccccc32)CC1. The molecular weight excluding hydrogens is 340 g/mol. The summed E-state index contributed by atoms with van der Waals surface area (Å²) in [6.45, 7) is 2.25. The van der Waals surface area contributed by atoms with Gasteiger partial charge in [-0.15, -0.1) is 0 Å². The Morgan fingerprint density at radius 2 is 1.80 bits per heavy atom. The van der Waals surface area contributed by atoms with Crippen molar-refractivity contribution in [3.63, 3.8) is 0 Å². The summed E-state index contributed by atoms with van der Waals surface area (Å²) in [5.41, 5.74) is 2.94. The molecule has 25 heavy (non-hydrogen) atoms.